The second-order valence-electron chi connectivity index (χ2n) is 6.96. The molecule has 0 amide bonds. The molecule has 0 N–H and O–H groups in total. The maximum atomic E-state index is 13.8. The van der Waals surface area contributed by atoms with E-state index in [9.17, 15) is 4.39 Å². The average Bonchev–Trinajstić information content (AvgIpc) is 2.45. The molecule has 21 heavy (non-hydrogen) atoms. The highest BCUT2D eigenvalue weighted by molar-refractivity contribution is 9.09. The highest BCUT2D eigenvalue weighted by atomic mass is 79.9. The standard InChI is InChI=1S/C17H26BrFN2/c1-17(2,3)14(12-18)13-20-8-10-21(11-9-20)16-7-5-4-6-15(16)19/h4-7,14H,8-13H2,1-3H3. The van der Waals surface area contributed by atoms with Gasteiger partial charge in [-0.25, -0.2) is 4.39 Å². The van der Waals surface area contributed by atoms with Gasteiger partial charge in [-0.2, -0.15) is 0 Å². The van der Waals surface area contributed by atoms with Gasteiger partial charge >= 0.3 is 0 Å². The van der Waals surface area contributed by atoms with E-state index in [0.29, 0.717) is 11.3 Å². The summed E-state index contributed by atoms with van der Waals surface area (Å²) in [5, 5.41) is 1.03. The van der Waals surface area contributed by atoms with Gasteiger partial charge in [0, 0.05) is 38.1 Å². The van der Waals surface area contributed by atoms with Gasteiger partial charge in [-0.15, -0.1) is 0 Å². The first kappa shape index (κ1) is 16.8. The molecule has 1 atom stereocenters. The van der Waals surface area contributed by atoms with Gasteiger partial charge in [0.05, 0.1) is 5.69 Å². The van der Waals surface area contributed by atoms with Gasteiger partial charge in [-0.3, -0.25) is 4.90 Å². The van der Waals surface area contributed by atoms with Gasteiger partial charge < -0.3 is 4.90 Å². The van der Waals surface area contributed by atoms with Crippen LogP contribution in [0.4, 0.5) is 10.1 Å². The number of hydrogen-bond acceptors (Lipinski definition) is 2. The second kappa shape index (κ2) is 7.10. The fraction of sp³-hybridized carbons (Fsp3) is 0.647. The van der Waals surface area contributed by atoms with E-state index in [-0.39, 0.29) is 5.82 Å². The van der Waals surface area contributed by atoms with E-state index in [4.69, 9.17) is 0 Å². The Hall–Kier alpha value is -0.610. The number of rotatable bonds is 4. The predicted octanol–water partition coefficient (Wildman–Crippen LogP) is 4.00. The first-order valence-corrected chi connectivity index (χ1v) is 8.81. The van der Waals surface area contributed by atoms with Crippen molar-refractivity contribution in [1.29, 1.82) is 0 Å². The maximum Gasteiger partial charge on any atom is 0.146 e. The molecule has 0 bridgehead atoms. The largest absolute Gasteiger partial charge is 0.367 e. The van der Waals surface area contributed by atoms with Gasteiger partial charge in [0.25, 0.3) is 0 Å². The number of benzene rings is 1. The van der Waals surface area contributed by atoms with E-state index in [2.05, 4.69) is 46.5 Å². The molecule has 1 aliphatic heterocycles. The van der Waals surface area contributed by atoms with Crippen molar-refractivity contribution in [3.63, 3.8) is 0 Å². The van der Waals surface area contributed by atoms with Crippen LogP contribution in [-0.4, -0.2) is 43.0 Å². The first-order chi connectivity index (χ1) is 9.91. The summed E-state index contributed by atoms with van der Waals surface area (Å²) >= 11 is 3.65. The molecule has 118 valence electrons. The molecule has 0 spiro atoms. The summed E-state index contributed by atoms with van der Waals surface area (Å²) in [4.78, 5) is 4.67. The highest BCUT2D eigenvalue weighted by Gasteiger charge is 2.27. The average molecular weight is 357 g/mol. The van der Waals surface area contributed by atoms with Crippen LogP contribution in [0.3, 0.4) is 0 Å². The van der Waals surface area contributed by atoms with Crippen LogP contribution >= 0.6 is 15.9 Å². The van der Waals surface area contributed by atoms with Gasteiger partial charge in [0.2, 0.25) is 0 Å². The Labute approximate surface area is 136 Å². The zero-order valence-corrected chi connectivity index (χ0v) is 14.9. The van der Waals surface area contributed by atoms with E-state index >= 15 is 0 Å². The third-order valence-electron chi connectivity index (χ3n) is 4.46. The van der Waals surface area contributed by atoms with Crippen LogP contribution in [0.2, 0.25) is 0 Å². The number of para-hydroxylation sites is 1. The van der Waals surface area contributed by atoms with Crippen molar-refractivity contribution in [2.24, 2.45) is 11.3 Å². The second-order valence-corrected chi connectivity index (χ2v) is 7.60. The summed E-state index contributed by atoms with van der Waals surface area (Å²) < 4.78 is 13.8. The number of nitrogens with zero attached hydrogens (tertiary/aromatic N) is 2. The topological polar surface area (TPSA) is 6.48 Å². The van der Waals surface area contributed by atoms with E-state index < -0.39 is 0 Å². The van der Waals surface area contributed by atoms with Crippen molar-refractivity contribution in [1.82, 2.24) is 4.90 Å². The lowest BCUT2D eigenvalue weighted by molar-refractivity contribution is 0.159. The van der Waals surface area contributed by atoms with Gasteiger partial charge in [0.1, 0.15) is 5.82 Å². The number of hydrogen-bond donors (Lipinski definition) is 0. The van der Waals surface area contributed by atoms with E-state index in [1.165, 1.54) is 0 Å². The third-order valence-corrected chi connectivity index (χ3v) is 5.24. The fourth-order valence-corrected chi connectivity index (χ4v) is 3.92. The molecule has 1 aromatic rings. The Morgan fingerprint density at radius 3 is 2.29 bits per heavy atom. The minimum atomic E-state index is -0.112. The lowest BCUT2D eigenvalue weighted by Crippen LogP contribution is -2.49. The summed E-state index contributed by atoms with van der Waals surface area (Å²) in [5.41, 5.74) is 1.05. The van der Waals surface area contributed by atoms with Crippen molar-refractivity contribution < 1.29 is 4.39 Å². The zero-order chi connectivity index (χ0) is 15.5. The van der Waals surface area contributed by atoms with Gasteiger partial charge in [-0.05, 0) is 23.5 Å². The van der Waals surface area contributed by atoms with Gasteiger partial charge in [-0.1, -0.05) is 48.8 Å². The quantitative estimate of drug-likeness (QED) is 0.752. The Bertz CT molecular complexity index is 450. The molecule has 1 aliphatic rings. The Kier molecular flexibility index (Phi) is 5.67. The molecule has 2 nitrogen and oxygen atoms in total. The molecule has 0 radical (unpaired) electrons. The van der Waals surface area contributed by atoms with E-state index in [1.54, 1.807) is 12.1 Å². The summed E-state index contributed by atoms with van der Waals surface area (Å²) in [5.74, 6) is 0.525. The number of halogens is 2. The van der Waals surface area contributed by atoms with Crippen molar-refractivity contribution in [3.8, 4) is 0 Å². The molecule has 1 fully saturated rings. The smallest absolute Gasteiger partial charge is 0.146 e. The lowest BCUT2D eigenvalue weighted by Gasteiger charge is -2.40. The van der Waals surface area contributed by atoms with Crippen LogP contribution in [0.15, 0.2) is 24.3 Å². The van der Waals surface area contributed by atoms with Crippen molar-refractivity contribution in [2.75, 3.05) is 43.0 Å². The third kappa shape index (κ3) is 4.43. The molecule has 1 unspecified atom stereocenters. The minimum Gasteiger partial charge on any atom is -0.367 e. The summed E-state index contributed by atoms with van der Waals surface area (Å²) in [6.07, 6.45) is 0. The van der Waals surface area contributed by atoms with Gasteiger partial charge in [0.15, 0.2) is 0 Å². The number of anilines is 1. The Balaban J connectivity index is 1.90. The SMILES string of the molecule is CC(C)(C)C(CBr)CN1CCN(c2ccccc2F)CC1. The van der Waals surface area contributed by atoms with Crippen molar-refractivity contribution >= 4 is 21.6 Å². The molecule has 1 saturated heterocycles. The fourth-order valence-electron chi connectivity index (χ4n) is 2.75. The molecule has 4 heteroatoms. The monoisotopic (exact) mass is 356 g/mol. The Morgan fingerprint density at radius 2 is 1.76 bits per heavy atom. The normalized spacial score (nSPS) is 18.8. The van der Waals surface area contributed by atoms with Crippen LogP contribution in [-0.2, 0) is 0 Å². The summed E-state index contributed by atoms with van der Waals surface area (Å²) in [6, 6.07) is 7.08. The van der Waals surface area contributed by atoms with Crippen LogP contribution in [0.25, 0.3) is 0 Å². The molecule has 0 aliphatic carbocycles. The minimum absolute atomic E-state index is 0.112. The maximum absolute atomic E-state index is 13.8. The molecular weight excluding hydrogens is 331 g/mol. The van der Waals surface area contributed by atoms with Crippen LogP contribution in [0.1, 0.15) is 20.8 Å². The molecule has 2 rings (SSSR count). The first-order valence-electron chi connectivity index (χ1n) is 7.69. The van der Waals surface area contributed by atoms with Crippen LogP contribution in [0.5, 0.6) is 0 Å². The van der Waals surface area contributed by atoms with E-state index in [1.807, 2.05) is 12.1 Å². The van der Waals surface area contributed by atoms with Crippen LogP contribution in [0, 0.1) is 17.2 Å². The molecule has 0 aromatic heterocycles. The molecule has 0 saturated carbocycles. The highest BCUT2D eigenvalue weighted by Crippen LogP contribution is 2.29. The van der Waals surface area contributed by atoms with Crippen molar-refractivity contribution in [3.05, 3.63) is 30.1 Å². The number of piperazine rings is 1. The molecule has 1 heterocycles. The van der Waals surface area contributed by atoms with Crippen LogP contribution < -0.4 is 4.90 Å². The molecular formula is C17H26BrFN2. The Morgan fingerprint density at radius 1 is 1.14 bits per heavy atom. The van der Waals surface area contributed by atoms with E-state index in [0.717, 1.165) is 43.7 Å². The predicted molar refractivity (Wildman–Crippen MR) is 91.8 cm³/mol. The van der Waals surface area contributed by atoms with Crippen molar-refractivity contribution in [2.45, 2.75) is 20.8 Å². The summed E-state index contributed by atoms with van der Waals surface area (Å²) in [6.45, 7) is 11.8. The summed E-state index contributed by atoms with van der Waals surface area (Å²) in [7, 11) is 0. The zero-order valence-electron chi connectivity index (χ0n) is 13.3. The molecule has 1 aromatic carbocycles. The lowest BCUT2D eigenvalue weighted by atomic mass is 9.81. The number of alkyl halides is 1.